The molecule has 0 amide bonds. The molecule has 3 atom stereocenters. The Morgan fingerprint density at radius 3 is 2.61 bits per heavy atom. The van der Waals surface area contributed by atoms with Crippen molar-refractivity contribution in [3.8, 4) is 0 Å². The number of hydrogen-bond acceptors (Lipinski definition) is 5. The quantitative estimate of drug-likeness (QED) is 0.369. The van der Waals surface area contributed by atoms with Gasteiger partial charge < -0.3 is 15.3 Å². The molecule has 1 aromatic heterocycles. The van der Waals surface area contributed by atoms with Crippen molar-refractivity contribution in [2.75, 3.05) is 6.61 Å². The summed E-state index contributed by atoms with van der Waals surface area (Å²) in [4.78, 5) is 25.0. The molecule has 1 heterocycles. The van der Waals surface area contributed by atoms with E-state index in [9.17, 15) is 19.8 Å². The highest BCUT2D eigenvalue weighted by Gasteiger charge is 2.35. The van der Waals surface area contributed by atoms with Gasteiger partial charge in [-0.1, -0.05) is 6.08 Å². The smallest absolute Gasteiger partial charge is 0.329 e. The van der Waals surface area contributed by atoms with Gasteiger partial charge in [-0.3, -0.25) is 14.3 Å². The van der Waals surface area contributed by atoms with Crippen molar-refractivity contribution in [1.29, 1.82) is 0 Å². The number of hydrogen-bond donors (Lipinski definition) is 4. The molecule has 4 N–H and O–H groups in total. The molecule has 2 rings (SSSR count). The summed E-state index contributed by atoms with van der Waals surface area (Å²) < 4.78 is 1.42. The Bertz CT molecular complexity index is 605. The van der Waals surface area contributed by atoms with Crippen LogP contribution in [0.15, 0.2) is 27.4 Å². The Morgan fingerprint density at radius 1 is 1.39 bits per heavy atom. The first-order chi connectivity index (χ1) is 8.45. The van der Waals surface area contributed by atoms with Gasteiger partial charge in [-0.15, -0.1) is 0 Å². The van der Waals surface area contributed by atoms with Crippen LogP contribution in [-0.2, 0) is 0 Å². The van der Waals surface area contributed by atoms with Crippen LogP contribution in [0, 0.1) is 3.57 Å². The van der Waals surface area contributed by atoms with Crippen LogP contribution in [0.3, 0.4) is 0 Å². The summed E-state index contributed by atoms with van der Waals surface area (Å²) in [6, 6.07) is -0.806. The van der Waals surface area contributed by atoms with Gasteiger partial charge in [0, 0.05) is 6.20 Å². The highest BCUT2D eigenvalue weighted by atomic mass is 127. The molecule has 0 spiro atoms. The van der Waals surface area contributed by atoms with Crippen molar-refractivity contribution < 1.29 is 15.3 Å². The number of rotatable bonds is 2. The van der Waals surface area contributed by atoms with Gasteiger partial charge in [-0.2, -0.15) is 0 Å². The first-order valence-electron chi connectivity index (χ1n) is 5.14. The summed E-state index contributed by atoms with van der Waals surface area (Å²) in [5.74, 6) is 0. The summed E-state index contributed by atoms with van der Waals surface area (Å²) >= 11 is 1.76. The molecule has 7 nitrogen and oxygen atoms in total. The average Bonchev–Trinajstić information content (AvgIpc) is 2.61. The Balaban J connectivity index is 2.51. The van der Waals surface area contributed by atoms with Crippen LogP contribution in [0.4, 0.5) is 0 Å². The van der Waals surface area contributed by atoms with Gasteiger partial charge >= 0.3 is 5.69 Å². The van der Waals surface area contributed by atoms with Crippen LogP contribution >= 0.6 is 22.6 Å². The van der Waals surface area contributed by atoms with Crippen LogP contribution < -0.4 is 11.2 Å². The van der Waals surface area contributed by atoms with E-state index in [-0.39, 0.29) is 5.57 Å². The maximum atomic E-state index is 11.6. The maximum absolute atomic E-state index is 11.6. The Labute approximate surface area is 115 Å². The summed E-state index contributed by atoms with van der Waals surface area (Å²) in [5, 5.41) is 28.5. The fourth-order valence-corrected chi connectivity index (χ4v) is 2.33. The minimum Gasteiger partial charge on any atom is -0.392 e. The Kier molecular flexibility index (Phi) is 3.71. The van der Waals surface area contributed by atoms with E-state index in [4.69, 9.17) is 5.11 Å². The van der Waals surface area contributed by atoms with Crippen LogP contribution in [0.1, 0.15) is 6.04 Å². The van der Waals surface area contributed by atoms with E-state index in [1.54, 1.807) is 22.6 Å². The predicted octanol–water partition coefficient (Wildman–Crippen LogP) is -1.66. The Morgan fingerprint density at radius 2 is 2.06 bits per heavy atom. The molecule has 0 fully saturated rings. The number of aliphatic hydroxyl groups is 3. The van der Waals surface area contributed by atoms with Crippen molar-refractivity contribution in [3.63, 3.8) is 0 Å². The number of nitrogens with one attached hydrogen (secondary N) is 1. The summed E-state index contributed by atoms with van der Waals surface area (Å²) in [6.45, 7) is -0.399. The van der Waals surface area contributed by atoms with Crippen LogP contribution in [0.2, 0.25) is 0 Å². The predicted molar refractivity (Wildman–Crippen MR) is 70.3 cm³/mol. The van der Waals surface area contributed by atoms with Crippen molar-refractivity contribution in [2.45, 2.75) is 18.2 Å². The van der Waals surface area contributed by atoms with Crippen LogP contribution in [0.5, 0.6) is 0 Å². The lowest BCUT2D eigenvalue weighted by Gasteiger charge is -2.19. The van der Waals surface area contributed by atoms with Crippen molar-refractivity contribution >= 4 is 22.6 Å². The number of aliphatic hydroxyl groups excluding tert-OH is 3. The standard InChI is InChI=1S/C10H11IN2O5/c11-5-2-13(10(18)12-9(5)17)6-1-4(3-14)7(15)8(6)16/h1-2,6-8,14-16H,3H2,(H,12,17,18)/t6-,7+,8?/m1/s1. The molecule has 18 heavy (non-hydrogen) atoms. The largest absolute Gasteiger partial charge is 0.392 e. The number of aromatic nitrogens is 2. The molecule has 98 valence electrons. The molecule has 0 radical (unpaired) electrons. The second-order valence-electron chi connectivity index (χ2n) is 3.97. The molecule has 1 aromatic rings. The van der Waals surface area contributed by atoms with Crippen LogP contribution in [-0.4, -0.2) is 43.7 Å². The summed E-state index contributed by atoms with van der Waals surface area (Å²) in [5.41, 5.74) is -0.927. The highest BCUT2D eigenvalue weighted by Crippen LogP contribution is 2.28. The van der Waals surface area contributed by atoms with E-state index < -0.39 is 36.1 Å². The number of nitrogens with zero attached hydrogens (tertiary/aromatic N) is 1. The minimum absolute atomic E-state index is 0.251. The topological polar surface area (TPSA) is 116 Å². The third-order valence-electron chi connectivity index (χ3n) is 2.87. The van der Waals surface area contributed by atoms with Gasteiger partial charge in [0.25, 0.3) is 5.56 Å². The maximum Gasteiger partial charge on any atom is 0.329 e. The third-order valence-corrected chi connectivity index (χ3v) is 3.63. The van der Waals surface area contributed by atoms with E-state index in [2.05, 4.69) is 4.98 Å². The molecule has 1 unspecified atom stereocenters. The molecule has 0 saturated heterocycles. The van der Waals surface area contributed by atoms with E-state index in [1.807, 2.05) is 0 Å². The van der Waals surface area contributed by atoms with Gasteiger partial charge in [-0.25, -0.2) is 4.79 Å². The lowest BCUT2D eigenvalue weighted by molar-refractivity contribution is 0.0271. The fraction of sp³-hybridized carbons (Fsp3) is 0.400. The van der Waals surface area contributed by atoms with Gasteiger partial charge in [0.05, 0.1) is 16.2 Å². The highest BCUT2D eigenvalue weighted by molar-refractivity contribution is 14.1. The van der Waals surface area contributed by atoms with E-state index in [0.717, 1.165) is 4.57 Å². The van der Waals surface area contributed by atoms with E-state index >= 15 is 0 Å². The number of H-pyrrole nitrogens is 1. The third kappa shape index (κ3) is 2.16. The summed E-state index contributed by atoms with van der Waals surface area (Å²) in [7, 11) is 0. The van der Waals surface area contributed by atoms with Gasteiger partial charge in [0.1, 0.15) is 12.2 Å². The SMILES string of the molecule is O=c1[nH]c(=O)n([C@@H]2C=C(CO)[C@H](O)C2O)cc1I. The first-order valence-corrected chi connectivity index (χ1v) is 6.22. The van der Waals surface area contributed by atoms with E-state index in [0.29, 0.717) is 3.57 Å². The Hall–Kier alpha value is -0.970. The second-order valence-corrected chi connectivity index (χ2v) is 5.13. The summed E-state index contributed by atoms with van der Waals surface area (Å²) in [6.07, 6.45) is 0.285. The molecular weight excluding hydrogens is 355 g/mol. The van der Waals surface area contributed by atoms with Crippen LogP contribution in [0.25, 0.3) is 0 Å². The monoisotopic (exact) mass is 366 g/mol. The second kappa shape index (κ2) is 4.96. The molecule has 0 saturated carbocycles. The normalized spacial score (nSPS) is 27.3. The van der Waals surface area contributed by atoms with E-state index in [1.165, 1.54) is 12.3 Å². The molecule has 0 bridgehead atoms. The lowest BCUT2D eigenvalue weighted by Crippen LogP contribution is -2.38. The molecule has 0 aromatic carbocycles. The lowest BCUT2D eigenvalue weighted by atomic mass is 10.1. The van der Waals surface area contributed by atoms with Gasteiger partial charge in [0.2, 0.25) is 0 Å². The molecular formula is C10H11IN2O5. The fourth-order valence-electron chi connectivity index (χ4n) is 1.90. The zero-order valence-electron chi connectivity index (χ0n) is 9.08. The molecule has 1 aliphatic carbocycles. The van der Waals surface area contributed by atoms with Gasteiger partial charge in [0.15, 0.2) is 0 Å². The average molecular weight is 366 g/mol. The zero-order chi connectivity index (χ0) is 13.4. The number of aromatic amines is 1. The van der Waals surface area contributed by atoms with Gasteiger partial charge in [-0.05, 0) is 28.2 Å². The molecule has 8 heteroatoms. The van der Waals surface area contributed by atoms with Crippen molar-refractivity contribution in [2.24, 2.45) is 0 Å². The minimum atomic E-state index is -1.23. The number of halogens is 1. The molecule has 0 aliphatic heterocycles. The van der Waals surface area contributed by atoms with Crippen molar-refractivity contribution in [3.05, 3.63) is 42.3 Å². The van der Waals surface area contributed by atoms with Crippen molar-refractivity contribution in [1.82, 2.24) is 9.55 Å². The zero-order valence-corrected chi connectivity index (χ0v) is 11.2. The molecule has 1 aliphatic rings. The first kappa shape index (κ1) is 13.5.